The van der Waals surface area contributed by atoms with Gasteiger partial charge in [0.25, 0.3) is 0 Å². The summed E-state index contributed by atoms with van der Waals surface area (Å²) in [5.41, 5.74) is 5.86. The predicted octanol–water partition coefficient (Wildman–Crippen LogP) is 8.31. The number of aliphatic hydroxyl groups is 1. The van der Waals surface area contributed by atoms with Crippen molar-refractivity contribution in [3.63, 3.8) is 0 Å². The molecule has 176 valence electrons. The van der Waals surface area contributed by atoms with Crippen molar-refractivity contribution >= 4 is 0 Å². The first kappa shape index (κ1) is 22.5. The molecule has 5 saturated carbocycles. The van der Waals surface area contributed by atoms with Crippen LogP contribution in [0.5, 0.6) is 0 Å². The number of fused-ring (bicyclic) bond motifs is 2. The van der Waals surface area contributed by atoms with E-state index in [1.807, 2.05) is 5.57 Å². The lowest BCUT2D eigenvalue weighted by Gasteiger charge is -2.62. The molecule has 0 aromatic carbocycles. The molecule has 7 atom stereocenters. The van der Waals surface area contributed by atoms with E-state index in [1.165, 1.54) is 70.6 Å². The summed E-state index contributed by atoms with van der Waals surface area (Å²) in [5, 5.41) is 10.8. The minimum absolute atomic E-state index is 0.0868. The average Bonchev–Trinajstić information content (AvgIpc) is 3.27. The van der Waals surface area contributed by atoms with Crippen LogP contribution < -0.4 is 0 Å². The molecule has 0 aromatic heterocycles. The molecule has 0 aromatic rings. The van der Waals surface area contributed by atoms with Crippen LogP contribution in [0, 0.1) is 44.8 Å². The van der Waals surface area contributed by atoms with Gasteiger partial charge in [-0.1, -0.05) is 59.1 Å². The van der Waals surface area contributed by atoms with Crippen molar-refractivity contribution in [1.29, 1.82) is 0 Å². The summed E-state index contributed by atoms with van der Waals surface area (Å²) in [6, 6.07) is 0. The molecule has 0 saturated heterocycles. The maximum atomic E-state index is 10.8. The zero-order valence-electron chi connectivity index (χ0n) is 21.7. The minimum atomic E-state index is -0.0868. The normalized spacial score (nSPS) is 51.6. The molecule has 5 aliphatic rings. The number of rotatable bonds is 4. The Balaban J connectivity index is 1.44. The molecule has 2 spiro atoms. The van der Waals surface area contributed by atoms with E-state index in [4.69, 9.17) is 0 Å². The lowest BCUT2D eigenvalue weighted by molar-refractivity contribution is -0.148. The van der Waals surface area contributed by atoms with Crippen molar-refractivity contribution in [3.8, 4) is 0 Å². The van der Waals surface area contributed by atoms with Crippen molar-refractivity contribution in [2.75, 3.05) is 0 Å². The van der Waals surface area contributed by atoms with E-state index in [1.54, 1.807) is 5.57 Å². The number of hydrogen-bond acceptors (Lipinski definition) is 1. The van der Waals surface area contributed by atoms with Gasteiger partial charge in [0, 0.05) is 0 Å². The Morgan fingerprint density at radius 3 is 2.32 bits per heavy atom. The highest BCUT2D eigenvalue weighted by atomic mass is 16.3. The third kappa shape index (κ3) is 2.71. The molecule has 0 amide bonds. The van der Waals surface area contributed by atoms with E-state index in [2.05, 4.69) is 48.5 Å². The predicted molar refractivity (Wildman–Crippen MR) is 131 cm³/mol. The van der Waals surface area contributed by atoms with Gasteiger partial charge in [0.05, 0.1) is 6.10 Å². The summed E-state index contributed by atoms with van der Waals surface area (Å²) in [6.45, 7) is 17.4. The van der Waals surface area contributed by atoms with E-state index < -0.39 is 0 Å². The van der Waals surface area contributed by atoms with Gasteiger partial charge in [0.1, 0.15) is 0 Å². The van der Waals surface area contributed by atoms with Gasteiger partial charge in [-0.05, 0) is 122 Å². The van der Waals surface area contributed by atoms with E-state index in [0.29, 0.717) is 21.7 Å². The van der Waals surface area contributed by atoms with E-state index in [-0.39, 0.29) is 11.5 Å². The summed E-state index contributed by atoms with van der Waals surface area (Å²) in [6.07, 6.45) is 16.3. The van der Waals surface area contributed by atoms with Crippen molar-refractivity contribution in [2.24, 2.45) is 44.8 Å². The van der Waals surface area contributed by atoms with Crippen LogP contribution in [-0.2, 0) is 0 Å². The summed E-state index contributed by atoms with van der Waals surface area (Å²) in [4.78, 5) is 0. The van der Waals surface area contributed by atoms with Crippen LogP contribution in [0.4, 0.5) is 0 Å². The molecule has 1 N–H and O–H groups in total. The fourth-order valence-electron chi connectivity index (χ4n) is 10.7. The molecule has 31 heavy (non-hydrogen) atoms. The molecule has 0 bridgehead atoms. The largest absolute Gasteiger partial charge is 0.393 e. The van der Waals surface area contributed by atoms with E-state index in [9.17, 15) is 5.11 Å². The third-order valence-electron chi connectivity index (χ3n) is 12.7. The SMILES string of the molecule is C/C(CCCC(C)C)=C1/CC[C@@]2(C)C3CCC4C(C)(C)[C@@H](O)CC[C@@]45C[C@@]35CC[C@]12C. The Labute approximate surface area is 192 Å². The summed E-state index contributed by atoms with van der Waals surface area (Å²) in [5.74, 6) is 2.50. The molecule has 0 radical (unpaired) electrons. The van der Waals surface area contributed by atoms with Crippen molar-refractivity contribution < 1.29 is 5.11 Å². The van der Waals surface area contributed by atoms with Crippen LogP contribution in [0.25, 0.3) is 0 Å². The fraction of sp³-hybridized carbons (Fsp3) is 0.933. The van der Waals surface area contributed by atoms with Crippen molar-refractivity contribution in [3.05, 3.63) is 11.1 Å². The first-order valence-electron chi connectivity index (χ1n) is 13.8. The highest BCUT2D eigenvalue weighted by Crippen LogP contribution is 2.88. The smallest absolute Gasteiger partial charge is 0.0594 e. The first-order chi connectivity index (χ1) is 14.4. The Morgan fingerprint density at radius 1 is 0.935 bits per heavy atom. The molecule has 5 fully saturated rings. The minimum Gasteiger partial charge on any atom is -0.393 e. The highest BCUT2D eigenvalue weighted by Gasteiger charge is 2.81. The number of aliphatic hydroxyl groups excluding tert-OH is 1. The Bertz CT molecular complexity index is 775. The van der Waals surface area contributed by atoms with Gasteiger partial charge >= 0.3 is 0 Å². The molecule has 0 heterocycles. The van der Waals surface area contributed by atoms with Gasteiger partial charge in [-0.25, -0.2) is 0 Å². The van der Waals surface area contributed by atoms with Crippen LogP contribution in [-0.4, -0.2) is 11.2 Å². The van der Waals surface area contributed by atoms with Crippen LogP contribution in [0.3, 0.4) is 0 Å². The molecular weight excluding hydrogens is 376 g/mol. The van der Waals surface area contributed by atoms with Crippen molar-refractivity contribution in [1.82, 2.24) is 0 Å². The summed E-state index contributed by atoms with van der Waals surface area (Å²) >= 11 is 0. The molecule has 5 rings (SSSR count). The van der Waals surface area contributed by atoms with Crippen molar-refractivity contribution in [2.45, 2.75) is 132 Å². The first-order valence-corrected chi connectivity index (χ1v) is 13.8. The van der Waals surface area contributed by atoms with Crippen LogP contribution >= 0.6 is 0 Å². The van der Waals surface area contributed by atoms with Crippen LogP contribution in [0.1, 0.15) is 126 Å². The van der Waals surface area contributed by atoms with E-state index in [0.717, 1.165) is 24.2 Å². The zero-order valence-corrected chi connectivity index (χ0v) is 21.7. The van der Waals surface area contributed by atoms with Gasteiger partial charge in [0.15, 0.2) is 0 Å². The van der Waals surface area contributed by atoms with Gasteiger partial charge in [0.2, 0.25) is 0 Å². The lowest BCUT2D eigenvalue weighted by Crippen LogP contribution is -2.56. The second-order valence-electron chi connectivity index (χ2n) is 14.3. The van der Waals surface area contributed by atoms with Gasteiger partial charge in [-0.3, -0.25) is 0 Å². The molecule has 1 heteroatoms. The fourth-order valence-corrected chi connectivity index (χ4v) is 10.7. The van der Waals surface area contributed by atoms with Crippen LogP contribution in [0.15, 0.2) is 11.1 Å². The standard InChI is InChI=1S/C30H50O/c1-20(2)9-8-10-21(3)22-13-15-28(7)24-12-11-23-26(4,5)25(31)14-16-29(23)19-30(24,29)18-17-27(22,28)6/h20,23-25,31H,8-19H2,1-7H3/b22-21+/t23?,24?,25-,27+,28-,29+,30-/m0/s1. The van der Waals surface area contributed by atoms with E-state index >= 15 is 0 Å². The monoisotopic (exact) mass is 426 g/mol. The second-order valence-corrected chi connectivity index (χ2v) is 14.3. The van der Waals surface area contributed by atoms with Gasteiger partial charge in [-0.15, -0.1) is 0 Å². The maximum absolute atomic E-state index is 10.8. The number of allylic oxidation sites excluding steroid dienone is 2. The molecule has 5 aliphatic carbocycles. The lowest BCUT2D eigenvalue weighted by atomic mass is 9.42. The Hall–Kier alpha value is -0.300. The molecule has 1 nitrogen and oxygen atoms in total. The molecular formula is C30H50O. The van der Waals surface area contributed by atoms with Crippen LogP contribution in [0.2, 0.25) is 0 Å². The Kier molecular flexibility index (Phi) is 4.98. The summed E-state index contributed by atoms with van der Waals surface area (Å²) in [7, 11) is 0. The third-order valence-corrected chi connectivity index (χ3v) is 12.7. The van der Waals surface area contributed by atoms with Gasteiger partial charge in [-0.2, -0.15) is 0 Å². The zero-order chi connectivity index (χ0) is 22.4. The molecule has 2 unspecified atom stereocenters. The summed E-state index contributed by atoms with van der Waals surface area (Å²) < 4.78 is 0. The second kappa shape index (κ2) is 6.86. The molecule has 0 aliphatic heterocycles. The quantitative estimate of drug-likeness (QED) is 0.448. The number of hydrogen-bond donors (Lipinski definition) is 1. The van der Waals surface area contributed by atoms with Gasteiger partial charge < -0.3 is 5.11 Å². The highest BCUT2D eigenvalue weighted by molar-refractivity contribution is 5.37. The topological polar surface area (TPSA) is 20.2 Å². The maximum Gasteiger partial charge on any atom is 0.0594 e. The Morgan fingerprint density at radius 2 is 1.61 bits per heavy atom. The average molecular weight is 427 g/mol.